The monoisotopic (exact) mass is 471 g/mol. The van der Waals surface area contributed by atoms with Crippen LogP contribution in [0.4, 0.5) is 0 Å². The minimum absolute atomic E-state index is 0.117. The predicted octanol–water partition coefficient (Wildman–Crippen LogP) is 1.90. The van der Waals surface area contributed by atoms with Gasteiger partial charge in [-0.1, -0.05) is 17.8 Å². The molecule has 0 aliphatic carbocycles. The molecule has 0 saturated carbocycles. The molecule has 0 unspecified atom stereocenters. The number of hydrogen-bond donors (Lipinski definition) is 2. The Morgan fingerprint density at radius 3 is 2.67 bits per heavy atom. The SMILES string of the molecule is COc1ccc(-c2nnc(SCC(=O)NCCc3ccc4c(c3)OCCO4)n2N)cc1OC. The average Bonchev–Trinajstić information content (AvgIpc) is 3.22. The molecular weight excluding hydrogens is 446 g/mol. The Morgan fingerprint density at radius 2 is 1.88 bits per heavy atom. The van der Waals surface area contributed by atoms with Gasteiger partial charge in [-0.3, -0.25) is 4.79 Å². The molecule has 10 nitrogen and oxygen atoms in total. The smallest absolute Gasteiger partial charge is 0.230 e. The summed E-state index contributed by atoms with van der Waals surface area (Å²) in [6, 6.07) is 11.2. The summed E-state index contributed by atoms with van der Waals surface area (Å²) in [5, 5.41) is 11.6. The van der Waals surface area contributed by atoms with Gasteiger partial charge in [-0.05, 0) is 42.3 Å². The number of nitrogens with two attached hydrogens (primary N) is 1. The highest BCUT2D eigenvalue weighted by Gasteiger charge is 2.16. The molecule has 11 heteroatoms. The second-order valence-corrected chi connectivity index (χ2v) is 8.06. The fraction of sp³-hybridized carbons (Fsp3) is 0.318. The lowest BCUT2D eigenvalue weighted by molar-refractivity contribution is -0.118. The number of nitrogens with zero attached hydrogens (tertiary/aromatic N) is 3. The van der Waals surface area contributed by atoms with Crippen LogP contribution in [-0.4, -0.2) is 60.5 Å². The number of ether oxygens (including phenoxy) is 4. The Bertz CT molecular complexity index is 1140. The van der Waals surface area contributed by atoms with E-state index in [1.807, 2.05) is 24.3 Å². The quantitative estimate of drug-likeness (QED) is 0.356. The molecule has 2 heterocycles. The topological polar surface area (TPSA) is 123 Å². The fourth-order valence-electron chi connectivity index (χ4n) is 3.32. The maximum absolute atomic E-state index is 12.3. The number of nitrogen functional groups attached to an aromatic ring is 1. The summed E-state index contributed by atoms with van der Waals surface area (Å²) >= 11 is 1.21. The molecule has 174 valence electrons. The highest BCUT2D eigenvalue weighted by Crippen LogP contribution is 2.32. The first-order chi connectivity index (χ1) is 16.1. The molecule has 0 bridgehead atoms. The van der Waals surface area contributed by atoms with E-state index in [9.17, 15) is 4.79 Å². The van der Waals surface area contributed by atoms with Crippen LogP contribution in [0.1, 0.15) is 5.56 Å². The van der Waals surface area contributed by atoms with Crippen molar-refractivity contribution in [1.82, 2.24) is 20.2 Å². The van der Waals surface area contributed by atoms with Crippen LogP contribution in [0.3, 0.4) is 0 Å². The van der Waals surface area contributed by atoms with E-state index in [1.165, 1.54) is 16.4 Å². The van der Waals surface area contributed by atoms with Crippen molar-refractivity contribution in [2.24, 2.45) is 0 Å². The third-order valence-corrected chi connectivity index (χ3v) is 5.92. The number of rotatable bonds is 9. The standard InChI is InChI=1S/C22H25N5O5S/c1-29-16-6-4-15(12-18(16)30-2)21-25-26-22(27(21)23)33-13-20(28)24-8-7-14-3-5-17-19(11-14)32-10-9-31-17/h3-6,11-12H,7-10,13,23H2,1-2H3,(H,24,28). The maximum atomic E-state index is 12.3. The molecule has 3 N–H and O–H groups in total. The molecule has 4 rings (SSSR count). The van der Waals surface area contributed by atoms with Gasteiger partial charge in [0.25, 0.3) is 0 Å². The summed E-state index contributed by atoms with van der Waals surface area (Å²) in [4.78, 5) is 12.3. The highest BCUT2D eigenvalue weighted by molar-refractivity contribution is 7.99. The molecule has 1 aliphatic rings. The molecule has 3 aromatic rings. The predicted molar refractivity (Wildman–Crippen MR) is 124 cm³/mol. The van der Waals surface area contributed by atoms with E-state index in [4.69, 9.17) is 24.8 Å². The minimum Gasteiger partial charge on any atom is -0.493 e. The lowest BCUT2D eigenvalue weighted by Crippen LogP contribution is -2.27. The van der Waals surface area contributed by atoms with Crippen LogP contribution in [0, 0.1) is 0 Å². The van der Waals surface area contributed by atoms with Crippen LogP contribution >= 0.6 is 11.8 Å². The zero-order valence-electron chi connectivity index (χ0n) is 18.4. The molecule has 0 spiro atoms. The van der Waals surface area contributed by atoms with Crippen LogP contribution in [0.15, 0.2) is 41.6 Å². The van der Waals surface area contributed by atoms with Crippen molar-refractivity contribution in [1.29, 1.82) is 0 Å². The second kappa shape index (κ2) is 10.3. The summed E-state index contributed by atoms with van der Waals surface area (Å²) in [6.07, 6.45) is 0.684. The van der Waals surface area contributed by atoms with E-state index < -0.39 is 0 Å². The van der Waals surface area contributed by atoms with Crippen molar-refractivity contribution in [2.45, 2.75) is 11.6 Å². The number of hydrogen-bond acceptors (Lipinski definition) is 9. The Kier molecular flexibility index (Phi) is 7.08. The largest absolute Gasteiger partial charge is 0.493 e. The Morgan fingerprint density at radius 1 is 1.09 bits per heavy atom. The number of benzene rings is 2. The van der Waals surface area contributed by atoms with Crippen LogP contribution in [-0.2, 0) is 11.2 Å². The van der Waals surface area contributed by atoms with Crippen LogP contribution < -0.4 is 30.1 Å². The highest BCUT2D eigenvalue weighted by atomic mass is 32.2. The zero-order chi connectivity index (χ0) is 23.2. The average molecular weight is 472 g/mol. The first-order valence-electron chi connectivity index (χ1n) is 10.3. The van der Waals surface area contributed by atoms with Crippen molar-refractivity contribution in [3.05, 3.63) is 42.0 Å². The molecule has 0 fully saturated rings. The van der Waals surface area contributed by atoms with Crippen LogP contribution in [0.5, 0.6) is 23.0 Å². The second-order valence-electron chi connectivity index (χ2n) is 7.11. The van der Waals surface area contributed by atoms with Gasteiger partial charge in [0.15, 0.2) is 28.8 Å². The number of fused-ring (bicyclic) bond motifs is 1. The van der Waals surface area contributed by atoms with Crippen LogP contribution in [0.25, 0.3) is 11.4 Å². The lowest BCUT2D eigenvalue weighted by Gasteiger charge is -2.18. The van der Waals surface area contributed by atoms with Gasteiger partial charge in [0.1, 0.15) is 13.2 Å². The number of aromatic nitrogens is 3. The van der Waals surface area contributed by atoms with E-state index >= 15 is 0 Å². The van der Waals surface area contributed by atoms with Crippen molar-refractivity contribution in [3.8, 4) is 34.4 Å². The van der Waals surface area contributed by atoms with Gasteiger partial charge in [0, 0.05) is 12.1 Å². The Balaban J connectivity index is 1.29. The summed E-state index contributed by atoms with van der Waals surface area (Å²) < 4.78 is 23.1. The number of carbonyl (C=O) groups is 1. The molecule has 0 radical (unpaired) electrons. The van der Waals surface area contributed by atoms with E-state index in [0.717, 1.165) is 22.6 Å². The Hall–Kier alpha value is -3.60. The molecule has 1 amide bonds. The van der Waals surface area contributed by atoms with E-state index in [0.29, 0.717) is 48.7 Å². The number of amides is 1. The van der Waals surface area contributed by atoms with E-state index in [1.54, 1.807) is 26.4 Å². The number of thioether (sulfide) groups is 1. The molecule has 0 atom stereocenters. The first kappa shape index (κ1) is 22.6. The normalized spacial score (nSPS) is 12.3. The molecule has 33 heavy (non-hydrogen) atoms. The van der Waals surface area contributed by atoms with Gasteiger partial charge in [-0.15, -0.1) is 10.2 Å². The molecule has 1 aromatic heterocycles. The van der Waals surface area contributed by atoms with Gasteiger partial charge in [-0.2, -0.15) is 0 Å². The lowest BCUT2D eigenvalue weighted by atomic mass is 10.1. The Labute approximate surface area is 195 Å². The van der Waals surface area contributed by atoms with Crippen molar-refractivity contribution < 1.29 is 23.7 Å². The van der Waals surface area contributed by atoms with Gasteiger partial charge in [-0.25, -0.2) is 4.68 Å². The molecule has 1 aliphatic heterocycles. The number of carbonyl (C=O) groups excluding carboxylic acids is 1. The third-order valence-electron chi connectivity index (χ3n) is 4.98. The summed E-state index contributed by atoms with van der Waals surface area (Å²) in [7, 11) is 3.13. The molecular formula is C22H25N5O5S. The molecule has 0 saturated heterocycles. The van der Waals surface area contributed by atoms with Gasteiger partial charge < -0.3 is 30.1 Å². The fourth-order valence-corrected chi connectivity index (χ4v) is 4.00. The number of nitrogens with one attached hydrogen (secondary N) is 1. The van der Waals surface area contributed by atoms with Crippen molar-refractivity contribution in [2.75, 3.05) is 45.6 Å². The van der Waals surface area contributed by atoms with Gasteiger partial charge >= 0.3 is 0 Å². The number of methoxy groups -OCH3 is 2. The third kappa shape index (κ3) is 5.25. The van der Waals surface area contributed by atoms with Crippen molar-refractivity contribution in [3.63, 3.8) is 0 Å². The van der Waals surface area contributed by atoms with Gasteiger partial charge in [0.2, 0.25) is 11.1 Å². The zero-order valence-corrected chi connectivity index (χ0v) is 19.2. The maximum Gasteiger partial charge on any atom is 0.230 e. The van der Waals surface area contributed by atoms with Gasteiger partial charge in [0.05, 0.1) is 20.0 Å². The van der Waals surface area contributed by atoms with E-state index in [-0.39, 0.29) is 11.7 Å². The van der Waals surface area contributed by atoms with E-state index in [2.05, 4.69) is 15.5 Å². The first-order valence-corrected chi connectivity index (χ1v) is 11.3. The minimum atomic E-state index is -0.117. The summed E-state index contributed by atoms with van der Waals surface area (Å²) in [5.41, 5.74) is 1.78. The van der Waals surface area contributed by atoms with Crippen molar-refractivity contribution >= 4 is 17.7 Å². The summed E-state index contributed by atoms with van der Waals surface area (Å²) in [6.45, 7) is 1.61. The summed E-state index contributed by atoms with van der Waals surface area (Å²) in [5.74, 6) is 9.33. The van der Waals surface area contributed by atoms with Crippen LogP contribution in [0.2, 0.25) is 0 Å². The molecule has 2 aromatic carbocycles.